The summed E-state index contributed by atoms with van der Waals surface area (Å²) in [5, 5.41) is 11.5. The minimum atomic E-state index is -0.535. The Labute approximate surface area is 132 Å². The van der Waals surface area contributed by atoms with Crippen molar-refractivity contribution in [2.75, 3.05) is 18.9 Å². The number of nitriles is 1. The average molecular weight is 307 g/mol. The van der Waals surface area contributed by atoms with E-state index in [2.05, 4.69) is 5.32 Å². The molecule has 0 spiro atoms. The smallest absolute Gasteiger partial charge is 0.407 e. The molecule has 0 atom stereocenters. The molecule has 0 aliphatic heterocycles. The lowest BCUT2D eigenvalue weighted by Crippen LogP contribution is -2.34. The van der Waals surface area contributed by atoms with Gasteiger partial charge in [0.25, 0.3) is 0 Å². The Morgan fingerprint density at radius 2 is 2.00 bits per heavy atom. The van der Waals surface area contributed by atoms with Crippen LogP contribution in [0.1, 0.15) is 40.2 Å². The van der Waals surface area contributed by atoms with E-state index < -0.39 is 11.7 Å². The highest BCUT2D eigenvalue weighted by Crippen LogP contribution is 2.22. The molecule has 6 nitrogen and oxygen atoms in total. The fourth-order valence-corrected chi connectivity index (χ4v) is 1.42. The first-order valence-electron chi connectivity index (χ1n) is 7.22. The van der Waals surface area contributed by atoms with E-state index in [0.717, 1.165) is 0 Å². The molecule has 1 aromatic rings. The number of anilines is 1. The number of carbonyl (C=O) groups excluding carboxylic acids is 1. The third kappa shape index (κ3) is 7.39. The minimum Gasteiger partial charge on any atom is -0.490 e. The molecule has 0 aliphatic carbocycles. The van der Waals surface area contributed by atoms with E-state index in [1.54, 1.807) is 39.0 Å². The van der Waals surface area contributed by atoms with Crippen molar-refractivity contribution in [2.45, 2.75) is 40.2 Å². The van der Waals surface area contributed by atoms with E-state index in [4.69, 9.17) is 20.5 Å². The van der Waals surface area contributed by atoms with Crippen molar-refractivity contribution in [1.82, 2.24) is 5.32 Å². The summed E-state index contributed by atoms with van der Waals surface area (Å²) in [7, 11) is 0. The molecule has 1 aromatic carbocycles. The Kier molecular flexibility index (Phi) is 8.46. The highest BCUT2D eigenvalue weighted by molar-refractivity contribution is 5.67. The molecule has 22 heavy (non-hydrogen) atoms. The Morgan fingerprint density at radius 3 is 2.55 bits per heavy atom. The number of carbonyl (C=O) groups is 1. The van der Waals surface area contributed by atoms with Crippen molar-refractivity contribution < 1.29 is 14.3 Å². The van der Waals surface area contributed by atoms with Gasteiger partial charge in [-0.3, -0.25) is 0 Å². The van der Waals surface area contributed by atoms with Gasteiger partial charge < -0.3 is 20.5 Å². The zero-order chi connectivity index (χ0) is 17.2. The van der Waals surface area contributed by atoms with Crippen LogP contribution in [0.5, 0.6) is 5.75 Å². The summed E-state index contributed by atoms with van der Waals surface area (Å²) in [6.45, 7) is 9.85. The van der Waals surface area contributed by atoms with Crippen molar-refractivity contribution in [3.63, 3.8) is 0 Å². The molecule has 122 valence electrons. The van der Waals surface area contributed by atoms with E-state index in [0.29, 0.717) is 17.0 Å². The first-order valence-corrected chi connectivity index (χ1v) is 7.22. The average Bonchev–Trinajstić information content (AvgIpc) is 2.44. The molecule has 3 N–H and O–H groups in total. The van der Waals surface area contributed by atoms with E-state index >= 15 is 0 Å². The molecule has 1 amide bonds. The number of rotatable bonds is 4. The third-order valence-corrected chi connectivity index (χ3v) is 2.20. The van der Waals surface area contributed by atoms with Gasteiger partial charge in [0.1, 0.15) is 29.6 Å². The van der Waals surface area contributed by atoms with Crippen LogP contribution in [0, 0.1) is 11.3 Å². The van der Waals surface area contributed by atoms with Gasteiger partial charge in [-0.05, 0) is 32.9 Å². The van der Waals surface area contributed by atoms with Crippen molar-refractivity contribution in [3.8, 4) is 11.8 Å². The molecular weight excluding hydrogens is 282 g/mol. The summed E-state index contributed by atoms with van der Waals surface area (Å²) in [5.74, 6) is 0.401. The van der Waals surface area contributed by atoms with Gasteiger partial charge >= 0.3 is 6.09 Å². The van der Waals surface area contributed by atoms with Crippen LogP contribution in [0.15, 0.2) is 18.2 Å². The summed E-state index contributed by atoms with van der Waals surface area (Å²) in [6, 6.07) is 6.97. The summed E-state index contributed by atoms with van der Waals surface area (Å²) in [6.07, 6.45) is -0.505. The lowest BCUT2D eigenvalue weighted by atomic mass is 10.2. The van der Waals surface area contributed by atoms with Crippen LogP contribution < -0.4 is 15.8 Å². The van der Waals surface area contributed by atoms with Gasteiger partial charge in [0.2, 0.25) is 0 Å². The Balaban J connectivity index is 0.00000211. The maximum absolute atomic E-state index is 11.4. The van der Waals surface area contributed by atoms with Crippen molar-refractivity contribution in [1.29, 1.82) is 5.26 Å². The van der Waals surface area contributed by atoms with Crippen LogP contribution in [0.25, 0.3) is 0 Å². The number of benzene rings is 1. The van der Waals surface area contributed by atoms with Gasteiger partial charge in [0, 0.05) is 0 Å². The number of amides is 1. The van der Waals surface area contributed by atoms with E-state index in [1.165, 1.54) is 0 Å². The predicted octanol–water partition coefficient (Wildman–Crippen LogP) is 3.07. The molecule has 0 aromatic heterocycles. The molecule has 0 aliphatic rings. The molecule has 1 rings (SSSR count). The van der Waals surface area contributed by atoms with Crippen LogP contribution in [-0.2, 0) is 4.74 Å². The molecule has 0 saturated heterocycles. The monoisotopic (exact) mass is 307 g/mol. The van der Waals surface area contributed by atoms with E-state index in [9.17, 15) is 4.79 Å². The van der Waals surface area contributed by atoms with Crippen LogP contribution in [-0.4, -0.2) is 24.8 Å². The first-order chi connectivity index (χ1) is 10.3. The molecule has 0 bridgehead atoms. The van der Waals surface area contributed by atoms with Crippen molar-refractivity contribution in [3.05, 3.63) is 23.8 Å². The van der Waals surface area contributed by atoms with E-state index in [1.807, 2.05) is 19.9 Å². The Bertz CT molecular complexity index is 516. The van der Waals surface area contributed by atoms with E-state index in [-0.39, 0.29) is 13.2 Å². The van der Waals surface area contributed by atoms with Gasteiger partial charge in [-0.2, -0.15) is 5.26 Å². The fourth-order valence-electron chi connectivity index (χ4n) is 1.42. The second kappa shape index (κ2) is 9.50. The summed E-state index contributed by atoms with van der Waals surface area (Å²) >= 11 is 0. The topological polar surface area (TPSA) is 97.4 Å². The Hall–Kier alpha value is -2.42. The number of ether oxygens (including phenoxy) is 2. The van der Waals surface area contributed by atoms with Crippen molar-refractivity contribution in [2.24, 2.45) is 0 Å². The van der Waals surface area contributed by atoms with Gasteiger partial charge in [-0.15, -0.1) is 0 Å². The zero-order valence-corrected chi connectivity index (χ0v) is 13.9. The minimum absolute atomic E-state index is 0.220. The van der Waals surface area contributed by atoms with Crippen molar-refractivity contribution >= 4 is 11.8 Å². The SMILES string of the molecule is CC.CC(C)(C)OC(=O)NCCOc1cccc(N)c1C#N. The summed E-state index contributed by atoms with van der Waals surface area (Å²) in [5.41, 5.74) is 5.79. The number of nitrogens with zero attached hydrogens (tertiary/aromatic N) is 1. The standard InChI is InChI=1S/C14H19N3O3.C2H6/c1-14(2,3)20-13(18)17-7-8-19-12-6-4-5-11(16)10(12)9-15;1-2/h4-6H,7-8,16H2,1-3H3,(H,17,18);1-2H3. The van der Waals surface area contributed by atoms with Crippen LogP contribution >= 0.6 is 0 Å². The van der Waals surface area contributed by atoms with Gasteiger partial charge in [0.05, 0.1) is 12.2 Å². The molecule has 0 fully saturated rings. The second-order valence-corrected chi connectivity index (χ2v) is 5.11. The molecule has 6 heteroatoms. The number of alkyl carbamates (subject to hydrolysis) is 1. The highest BCUT2D eigenvalue weighted by Gasteiger charge is 2.15. The number of nitrogens with two attached hydrogens (primary N) is 1. The molecule has 0 radical (unpaired) electrons. The lowest BCUT2D eigenvalue weighted by Gasteiger charge is -2.19. The second-order valence-electron chi connectivity index (χ2n) is 5.11. The fraction of sp³-hybridized carbons (Fsp3) is 0.500. The van der Waals surface area contributed by atoms with Crippen LogP contribution in [0.3, 0.4) is 0 Å². The number of hydrogen-bond acceptors (Lipinski definition) is 5. The number of nitrogen functional groups attached to an aromatic ring is 1. The summed E-state index contributed by atoms with van der Waals surface area (Å²) < 4.78 is 10.5. The van der Waals surface area contributed by atoms with Crippen LogP contribution in [0.2, 0.25) is 0 Å². The zero-order valence-electron chi connectivity index (χ0n) is 13.9. The maximum atomic E-state index is 11.4. The lowest BCUT2D eigenvalue weighted by molar-refractivity contribution is 0.0520. The molecular formula is C16H25N3O3. The first kappa shape index (κ1) is 19.6. The molecule has 0 unspecified atom stereocenters. The third-order valence-electron chi connectivity index (χ3n) is 2.20. The molecule has 0 saturated carbocycles. The largest absolute Gasteiger partial charge is 0.490 e. The van der Waals surface area contributed by atoms with Gasteiger partial charge in [0.15, 0.2) is 0 Å². The normalized spacial score (nSPS) is 9.82. The number of nitrogens with one attached hydrogen (secondary N) is 1. The quantitative estimate of drug-likeness (QED) is 0.658. The predicted molar refractivity (Wildman–Crippen MR) is 86.6 cm³/mol. The molecule has 0 heterocycles. The van der Waals surface area contributed by atoms with Gasteiger partial charge in [-0.1, -0.05) is 19.9 Å². The maximum Gasteiger partial charge on any atom is 0.407 e. The van der Waals surface area contributed by atoms with Gasteiger partial charge in [-0.25, -0.2) is 4.79 Å². The highest BCUT2D eigenvalue weighted by atomic mass is 16.6. The Morgan fingerprint density at radius 1 is 1.36 bits per heavy atom. The number of hydrogen-bond donors (Lipinski definition) is 2. The van der Waals surface area contributed by atoms with Crippen LogP contribution in [0.4, 0.5) is 10.5 Å². The summed E-state index contributed by atoms with van der Waals surface area (Å²) in [4.78, 5) is 11.4.